The third-order valence-corrected chi connectivity index (χ3v) is 2.50. The Morgan fingerprint density at radius 1 is 1.18 bits per heavy atom. The molecule has 1 rings (SSSR count). The molecule has 2 heteroatoms. The Morgan fingerprint density at radius 2 is 1.73 bits per heavy atom. The lowest BCUT2D eigenvalue weighted by Gasteiger charge is -1.97. The Morgan fingerprint density at radius 3 is 2.18 bits per heavy atom. The molecular weight excluding hydrogens is 154 g/mol. The summed E-state index contributed by atoms with van der Waals surface area (Å²) in [7, 11) is 0.0720. The Hall–Kier alpha value is -0.760. The van der Waals surface area contributed by atoms with Crippen molar-refractivity contribution in [3.05, 3.63) is 35.9 Å². The predicted molar refractivity (Wildman–Crippen MR) is 52.5 cm³/mol. The van der Waals surface area contributed by atoms with Crippen LogP contribution in [0.25, 0.3) is 0 Å². The third kappa shape index (κ3) is 2.09. The fourth-order valence-electron chi connectivity index (χ4n) is 0.825. The summed E-state index contributed by atoms with van der Waals surface area (Å²) in [6.07, 6.45) is 4.13. The van der Waals surface area contributed by atoms with Gasteiger partial charge in [-0.3, -0.25) is 5.41 Å². The van der Waals surface area contributed by atoms with Crippen molar-refractivity contribution < 1.29 is 0 Å². The molecule has 0 aliphatic carbocycles. The fraction of sp³-hybridized carbons (Fsp3) is 0.222. The molecule has 0 aromatic heterocycles. The Bertz CT molecular complexity index is 241. The van der Waals surface area contributed by atoms with Crippen molar-refractivity contribution in [2.75, 3.05) is 12.5 Å². The SMILES string of the molecule is C[S+](C)C(=N)c1ccccc1. The van der Waals surface area contributed by atoms with Crippen molar-refractivity contribution >= 4 is 15.9 Å². The fourth-order valence-corrected chi connectivity index (χ4v) is 1.43. The van der Waals surface area contributed by atoms with Crippen LogP contribution >= 0.6 is 0 Å². The second-order valence-electron chi connectivity index (χ2n) is 2.51. The van der Waals surface area contributed by atoms with Gasteiger partial charge >= 0.3 is 0 Å². The molecule has 58 valence electrons. The van der Waals surface area contributed by atoms with E-state index in [2.05, 4.69) is 12.5 Å². The lowest BCUT2D eigenvalue weighted by molar-refractivity contribution is 1.52. The highest BCUT2D eigenvalue weighted by Crippen LogP contribution is 2.03. The smallest absolute Gasteiger partial charge is 0.246 e. The van der Waals surface area contributed by atoms with Gasteiger partial charge in [0.25, 0.3) is 0 Å². The molecule has 0 spiro atoms. The highest BCUT2D eigenvalue weighted by atomic mass is 32.2. The number of hydrogen-bond donors (Lipinski definition) is 1. The van der Waals surface area contributed by atoms with Crippen LogP contribution in [0.4, 0.5) is 0 Å². The van der Waals surface area contributed by atoms with Gasteiger partial charge in [-0.15, -0.1) is 0 Å². The van der Waals surface area contributed by atoms with Gasteiger partial charge in [0, 0.05) is 16.5 Å². The zero-order chi connectivity index (χ0) is 8.27. The topological polar surface area (TPSA) is 23.9 Å². The van der Waals surface area contributed by atoms with Crippen LogP contribution in [0.5, 0.6) is 0 Å². The van der Waals surface area contributed by atoms with Crippen LogP contribution in [-0.4, -0.2) is 17.6 Å². The average molecular weight is 166 g/mol. The maximum Gasteiger partial charge on any atom is 0.246 e. The summed E-state index contributed by atoms with van der Waals surface area (Å²) >= 11 is 0. The molecule has 11 heavy (non-hydrogen) atoms. The summed E-state index contributed by atoms with van der Waals surface area (Å²) in [6.45, 7) is 0. The van der Waals surface area contributed by atoms with Gasteiger partial charge in [0.05, 0.1) is 0 Å². The number of benzene rings is 1. The quantitative estimate of drug-likeness (QED) is 0.374. The van der Waals surface area contributed by atoms with Gasteiger partial charge in [-0.1, -0.05) is 18.2 Å². The summed E-state index contributed by atoms with van der Waals surface area (Å²) in [6, 6.07) is 9.87. The molecule has 0 bridgehead atoms. The Kier molecular flexibility index (Phi) is 2.71. The highest BCUT2D eigenvalue weighted by Gasteiger charge is 2.13. The van der Waals surface area contributed by atoms with Crippen LogP contribution in [0.1, 0.15) is 5.56 Å². The molecule has 0 amide bonds. The van der Waals surface area contributed by atoms with Crippen molar-refractivity contribution in [1.29, 1.82) is 5.41 Å². The van der Waals surface area contributed by atoms with Crippen molar-refractivity contribution in [2.24, 2.45) is 0 Å². The molecule has 0 atom stereocenters. The van der Waals surface area contributed by atoms with Crippen LogP contribution in [0.2, 0.25) is 0 Å². The van der Waals surface area contributed by atoms with Gasteiger partial charge in [0.15, 0.2) is 0 Å². The molecule has 0 unspecified atom stereocenters. The van der Waals surface area contributed by atoms with E-state index in [1.807, 2.05) is 30.3 Å². The first-order valence-electron chi connectivity index (χ1n) is 3.43. The van der Waals surface area contributed by atoms with Crippen molar-refractivity contribution in [3.8, 4) is 0 Å². The van der Waals surface area contributed by atoms with Gasteiger partial charge in [0.1, 0.15) is 12.5 Å². The van der Waals surface area contributed by atoms with E-state index in [1.54, 1.807) is 0 Å². The van der Waals surface area contributed by atoms with E-state index < -0.39 is 0 Å². The van der Waals surface area contributed by atoms with E-state index in [0.29, 0.717) is 0 Å². The molecule has 0 saturated heterocycles. The molecule has 0 aliphatic heterocycles. The maximum absolute atomic E-state index is 7.70. The normalized spacial score (nSPS) is 10.1. The summed E-state index contributed by atoms with van der Waals surface area (Å²) in [5, 5.41) is 8.44. The second-order valence-corrected chi connectivity index (χ2v) is 4.55. The van der Waals surface area contributed by atoms with Crippen LogP contribution in [-0.2, 0) is 10.9 Å². The maximum atomic E-state index is 7.70. The van der Waals surface area contributed by atoms with E-state index in [4.69, 9.17) is 5.41 Å². The first-order valence-corrected chi connectivity index (χ1v) is 5.47. The minimum atomic E-state index is 0.0720. The molecule has 1 aromatic carbocycles. The number of rotatable bonds is 1. The molecule has 1 aromatic rings. The first kappa shape index (κ1) is 8.34. The minimum absolute atomic E-state index is 0.0720. The molecule has 1 nitrogen and oxygen atoms in total. The van der Waals surface area contributed by atoms with Gasteiger partial charge in [0.2, 0.25) is 5.04 Å². The Balaban J connectivity index is 2.86. The monoisotopic (exact) mass is 166 g/mol. The lowest BCUT2D eigenvalue weighted by atomic mass is 10.2. The summed E-state index contributed by atoms with van der Waals surface area (Å²) in [5.41, 5.74) is 1.04. The van der Waals surface area contributed by atoms with E-state index in [0.717, 1.165) is 10.6 Å². The number of nitrogens with one attached hydrogen (secondary N) is 1. The van der Waals surface area contributed by atoms with Gasteiger partial charge in [-0.25, -0.2) is 0 Å². The van der Waals surface area contributed by atoms with Crippen LogP contribution in [0.3, 0.4) is 0 Å². The third-order valence-electron chi connectivity index (χ3n) is 1.44. The van der Waals surface area contributed by atoms with E-state index in [9.17, 15) is 0 Å². The largest absolute Gasteiger partial charge is 0.256 e. The van der Waals surface area contributed by atoms with Crippen LogP contribution in [0, 0.1) is 5.41 Å². The summed E-state index contributed by atoms with van der Waals surface area (Å²) in [4.78, 5) is 0. The summed E-state index contributed by atoms with van der Waals surface area (Å²) < 4.78 is 0. The highest BCUT2D eigenvalue weighted by molar-refractivity contribution is 8.10. The van der Waals surface area contributed by atoms with Crippen molar-refractivity contribution in [1.82, 2.24) is 0 Å². The number of hydrogen-bond acceptors (Lipinski definition) is 1. The first-order chi connectivity index (χ1) is 5.22. The average Bonchev–Trinajstić information content (AvgIpc) is 2.05. The van der Waals surface area contributed by atoms with Crippen molar-refractivity contribution in [3.63, 3.8) is 0 Å². The van der Waals surface area contributed by atoms with E-state index >= 15 is 0 Å². The van der Waals surface area contributed by atoms with Crippen LogP contribution < -0.4 is 0 Å². The van der Waals surface area contributed by atoms with E-state index in [1.165, 1.54) is 0 Å². The minimum Gasteiger partial charge on any atom is -0.256 e. The van der Waals surface area contributed by atoms with Gasteiger partial charge in [-0.2, -0.15) is 0 Å². The summed E-state index contributed by atoms with van der Waals surface area (Å²) in [5.74, 6) is 0. The van der Waals surface area contributed by atoms with Gasteiger partial charge in [-0.05, 0) is 12.1 Å². The molecule has 1 N–H and O–H groups in total. The van der Waals surface area contributed by atoms with E-state index in [-0.39, 0.29) is 10.9 Å². The molecule has 0 aliphatic rings. The molecule has 0 fully saturated rings. The lowest BCUT2D eigenvalue weighted by Crippen LogP contribution is -2.11. The molecule has 0 radical (unpaired) electrons. The predicted octanol–water partition coefficient (Wildman–Crippen LogP) is 1.89. The van der Waals surface area contributed by atoms with Crippen LogP contribution in [0.15, 0.2) is 30.3 Å². The zero-order valence-corrected chi connectivity index (χ0v) is 7.61. The second kappa shape index (κ2) is 3.58. The molecular formula is C9H12NS+. The Labute approximate surface area is 70.3 Å². The molecule has 0 saturated carbocycles. The standard InChI is InChI=1S/C9H12NS/c1-11(2)9(10)8-6-4-3-5-7-8/h3-7,10H,1-2H3/q+1. The molecule has 0 heterocycles. The van der Waals surface area contributed by atoms with Crippen molar-refractivity contribution in [2.45, 2.75) is 0 Å². The zero-order valence-electron chi connectivity index (χ0n) is 6.79. The van der Waals surface area contributed by atoms with Gasteiger partial charge < -0.3 is 0 Å².